The van der Waals surface area contributed by atoms with Gasteiger partial charge in [-0.2, -0.15) is 0 Å². The summed E-state index contributed by atoms with van der Waals surface area (Å²) in [6.45, 7) is 5.02. The Morgan fingerprint density at radius 1 is 1.13 bits per heavy atom. The van der Waals surface area contributed by atoms with Gasteiger partial charge in [-0.25, -0.2) is 0 Å². The van der Waals surface area contributed by atoms with E-state index in [2.05, 4.69) is 12.2 Å². The number of hydrogen-bond donors (Lipinski definition) is 1. The molecular formula is C12H21NO2. The van der Waals surface area contributed by atoms with Gasteiger partial charge in [0.05, 0.1) is 25.4 Å². The zero-order chi connectivity index (χ0) is 10.4. The quantitative estimate of drug-likeness (QED) is 0.661. The van der Waals surface area contributed by atoms with Crippen LogP contribution in [-0.4, -0.2) is 31.1 Å². The van der Waals surface area contributed by atoms with Gasteiger partial charge in [-0.05, 0) is 38.0 Å². The van der Waals surface area contributed by atoms with Crippen LogP contribution >= 0.6 is 0 Å². The van der Waals surface area contributed by atoms with E-state index in [0.29, 0.717) is 0 Å². The summed E-state index contributed by atoms with van der Waals surface area (Å²) in [4.78, 5) is 0. The van der Waals surface area contributed by atoms with Crippen molar-refractivity contribution in [3.63, 3.8) is 0 Å². The van der Waals surface area contributed by atoms with E-state index in [1.807, 2.05) is 0 Å². The highest BCUT2D eigenvalue weighted by Crippen LogP contribution is 2.39. The molecule has 0 bridgehead atoms. The van der Waals surface area contributed by atoms with Gasteiger partial charge in [-0.15, -0.1) is 0 Å². The lowest BCUT2D eigenvalue weighted by Gasteiger charge is -2.54. The lowest BCUT2D eigenvalue weighted by molar-refractivity contribution is -0.208. The van der Waals surface area contributed by atoms with Crippen LogP contribution in [0.3, 0.4) is 0 Å². The second kappa shape index (κ2) is 3.44. The van der Waals surface area contributed by atoms with Gasteiger partial charge in [0.25, 0.3) is 0 Å². The van der Waals surface area contributed by atoms with Gasteiger partial charge in [0.15, 0.2) is 0 Å². The second-order valence-corrected chi connectivity index (χ2v) is 5.67. The molecule has 2 spiro atoms. The fourth-order valence-corrected chi connectivity index (χ4v) is 3.09. The SMILES string of the molecule is CC1CCC2(CC1)NC1(CCO2)COC1. The molecule has 1 N–H and O–H groups in total. The average Bonchev–Trinajstić information content (AvgIpc) is 2.21. The molecule has 1 aliphatic carbocycles. The van der Waals surface area contributed by atoms with E-state index in [9.17, 15) is 0 Å². The van der Waals surface area contributed by atoms with Gasteiger partial charge in [0.1, 0.15) is 5.72 Å². The van der Waals surface area contributed by atoms with Crippen molar-refractivity contribution in [2.24, 2.45) is 5.92 Å². The van der Waals surface area contributed by atoms with E-state index < -0.39 is 0 Å². The first-order valence-corrected chi connectivity index (χ1v) is 6.23. The maximum Gasteiger partial charge on any atom is 0.119 e. The van der Waals surface area contributed by atoms with Gasteiger partial charge in [-0.3, -0.25) is 5.32 Å². The number of hydrogen-bond acceptors (Lipinski definition) is 3. The Labute approximate surface area is 91.5 Å². The highest BCUT2D eigenvalue weighted by atomic mass is 16.5. The Hall–Kier alpha value is -0.120. The maximum absolute atomic E-state index is 6.02. The Kier molecular flexibility index (Phi) is 2.31. The highest BCUT2D eigenvalue weighted by Gasteiger charge is 2.49. The number of rotatable bonds is 0. The third kappa shape index (κ3) is 1.71. The lowest BCUT2D eigenvalue weighted by Crippen LogP contribution is -2.72. The molecular weight excluding hydrogens is 190 g/mol. The van der Waals surface area contributed by atoms with Crippen molar-refractivity contribution in [3.05, 3.63) is 0 Å². The molecule has 1 saturated carbocycles. The van der Waals surface area contributed by atoms with Crippen molar-refractivity contribution in [1.82, 2.24) is 5.32 Å². The molecule has 2 aliphatic heterocycles. The van der Waals surface area contributed by atoms with Crippen molar-refractivity contribution in [2.75, 3.05) is 19.8 Å². The normalized spacial score (nSPS) is 44.2. The van der Waals surface area contributed by atoms with Crippen molar-refractivity contribution in [1.29, 1.82) is 0 Å². The van der Waals surface area contributed by atoms with E-state index >= 15 is 0 Å². The molecule has 0 radical (unpaired) electrons. The van der Waals surface area contributed by atoms with Crippen LogP contribution in [0.4, 0.5) is 0 Å². The Morgan fingerprint density at radius 3 is 2.47 bits per heavy atom. The molecule has 3 heteroatoms. The molecule has 15 heavy (non-hydrogen) atoms. The zero-order valence-electron chi connectivity index (χ0n) is 9.55. The summed E-state index contributed by atoms with van der Waals surface area (Å²) in [5.41, 5.74) is 0.257. The molecule has 2 heterocycles. The smallest absolute Gasteiger partial charge is 0.119 e. The van der Waals surface area contributed by atoms with Crippen LogP contribution in [0.2, 0.25) is 0 Å². The third-order valence-electron chi connectivity index (χ3n) is 4.29. The minimum Gasteiger partial charge on any atom is -0.377 e. The third-order valence-corrected chi connectivity index (χ3v) is 4.29. The standard InChI is InChI=1S/C12H21NO2/c1-10-2-4-12(5-3-10)13-11(6-7-15-12)8-14-9-11/h10,13H,2-9H2,1H3. The van der Waals surface area contributed by atoms with Gasteiger partial charge >= 0.3 is 0 Å². The highest BCUT2D eigenvalue weighted by molar-refractivity contribution is 5.02. The number of nitrogens with one attached hydrogen (secondary N) is 1. The Bertz CT molecular complexity index is 242. The minimum atomic E-state index is -0.00542. The Morgan fingerprint density at radius 2 is 1.87 bits per heavy atom. The summed E-state index contributed by atoms with van der Waals surface area (Å²) in [6, 6.07) is 0. The molecule has 0 aromatic heterocycles. The van der Waals surface area contributed by atoms with Gasteiger partial charge in [-0.1, -0.05) is 6.92 Å². The van der Waals surface area contributed by atoms with Crippen molar-refractivity contribution < 1.29 is 9.47 Å². The summed E-state index contributed by atoms with van der Waals surface area (Å²) in [7, 11) is 0. The average molecular weight is 211 g/mol. The molecule has 0 aromatic carbocycles. The summed E-state index contributed by atoms with van der Waals surface area (Å²) in [6.07, 6.45) is 6.06. The van der Waals surface area contributed by atoms with Crippen LogP contribution < -0.4 is 5.32 Å². The minimum absolute atomic E-state index is 0.00542. The number of ether oxygens (including phenoxy) is 2. The van der Waals surface area contributed by atoms with E-state index in [1.54, 1.807) is 0 Å². The van der Waals surface area contributed by atoms with Gasteiger partial charge < -0.3 is 9.47 Å². The van der Waals surface area contributed by atoms with Crippen molar-refractivity contribution >= 4 is 0 Å². The first-order valence-electron chi connectivity index (χ1n) is 6.23. The lowest BCUT2D eigenvalue weighted by atomic mass is 9.80. The summed E-state index contributed by atoms with van der Waals surface area (Å²) in [5.74, 6) is 0.872. The van der Waals surface area contributed by atoms with E-state index in [-0.39, 0.29) is 11.3 Å². The van der Waals surface area contributed by atoms with Crippen LogP contribution in [-0.2, 0) is 9.47 Å². The predicted octanol–water partition coefficient (Wildman–Crippen LogP) is 1.67. The van der Waals surface area contributed by atoms with Crippen LogP contribution in [0.25, 0.3) is 0 Å². The van der Waals surface area contributed by atoms with E-state index in [1.165, 1.54) is 25.7 Å². The van der Waals surface area contributed by atoms with Crippen LogP contribution in [0.5, 0.6) is 0 Å². The maximum atomic E-state index is 6.02. The molecule has 2 saturated heterocycles. The van der Waals surface area contributed by atoms with E-state index in [4.69, 9.17) is 9.47 Å². The molecule has 3 rings (SSSR count). The summed E-state index contributed by atoms with van der Waals surface area (Å²) in [5, 5.41) is 3.76. The Balaban J connectivity index is 1.69. The fourth-order valence-electron chi connectivity index (χ4n) is 3.09. The van der Waals surface area contributed by atoms with Crippen LogP contribution in [0.15, 0.2) is 0 Å². The molecule has 3 fully saturated rings. The molecule has 3 aliphatic rings. The molecule has 3 nitrogen and oxygen atoms in total. The zero-order valence-corrected chi connectivity index (χ0v) is 9.55. The largest absolute Gasteiger partial charge is 0.377 e. The van der Waals surface area contributed by atoms with Gasteiger partial charge in [0.2, 0.25) is 0 Å². The van der Waals surface area contributed by atoms with E-state index in [0.717, 1.165) is 32.2 Å². The molecule has 0 atom stereocenters. The second-order valence-electron chi connectivity index (χ2n) is 5.67. The van der Waals surface area contributed by atoms with Crippen LogP contribution in [0, 0.1) is 5.92 Å². The first kappa shape index (κ1) is 10.1. The topological polar surface area (TPSA) is 30.5 Å². The summed E-state index contributed by atoms with van der Waals surface area (Å²) >= 11 is 0. The molecule has 0 aromatic rings. The monoisotopic (exact) mass is 211 g/mol. The predicted molar refractivity (Wildman–Crippen MR) is 57.6 cm³/mol. The molecule has 86 valence electrons. The summed E-state index contributed by atoms with van der Waals surface area (Å²) < 4.78 is 11.4. The van der Waals surface area contributed by atoms with Gasteiger partial charge in [0, 0.05) is 0 Å². The first-order chi connectivity index (χ1) is 7.22. The molecule has 0 unspecified atom stereocenters. The fraction of sp³-hybridized carbons (Fsp3) is 1.00. The van der Waals surface area contributed by atoms with Crippen molar-refractivity contribution in [3.8, 4) is 0 Å². The van der Waals surface area contributed by atoms with Crippen molar-refractivity contribution in [2.45, 2.75) is 50.3 Å². The molecule has 0 amide bonds. The van der Waals surface area contributed by atoms with Crippen LogP contribution in [0.1, 0.15) is 39.0 Å².